The molecule has 0 saturated carbocycles. The van der Waals surface area contributed by atoms with Gasteiger partial charge < -0.3 is 0 Å². The van der Waals surface area contributed by atoms with E-state index in [4.69, 9.17) is 0 Å². The molecule has 0 amide bonds. The number of nitro benzene ring substituents is 1. The number of aromatic nitrogens is 1. The van der Waals surface area contributed by atoms with Gasteiger partial charge >= 0.3 is 21.2 Å². The second kappa shape index (κ2) is 5.02. The van der Waals surface area contributed by atoms with Gasteiger partial charge in [-0.05, 0) is 24.3 Å². The van der Waals surface area contributed by atoms with Crippen LogP contribution in [0.5, 0.6) is 0 Å². The van der Waals surface area contributed by atoms with Crippen molar-refractivity contribution in [3.8, 4) is 0 Å². The van der Waals surface area contributed by atoms with Crippen LogP contribution in [0, 0.1) is 17.3 Å². The molecule has 0 radical (unpaired) electrons. The van der Waals surface area contributed by atoms with Crippen molar-refractivity contribution in [3.05, 3.63) is 66.0 Å². The molecule has 2 rings (SSSR count). The molecule has 0 atom stereocenters. The van der Waals surface area contributed by atoms with Crippen molar-refractivity contribution in [2.24, 2.45) is 0 Å². The van der Waals surface area contributed by atoms with Gasteiger partial charge in [0.15, 0.2) is 3.57 Å². The highest BCUT2D eigenvalue weighted by atomic mass is 127. The molecule has 0 N–H and O–H groups in total. The van der Waals surface area contributed by atoms with Crippen LogP contribution in [0.4, 0.5) is 5.69 Å². The minimum Gasteiger partial charge on any atom is -0.260 e. The molecule has 0 bridgehead atoms. The molecular weight excluding hydrogens is 319 g/mol. The van der Waals surface area contributed by atoms with Gasteiger partial charge in [-0.2, -0.15) is 0 Å². The molecule has 0 aliphatic heterocycles. The first-order chi connectivity index (χ1) is 7.75. The van der Waals surface area contributed by atoms with E-state index in [9.17, 15) is 10.1 Å². The van der Waals surface area contributed by atoms with Gasteiger partial charge in [0.05, 0.1) is 11.1 Å². The Balaban J connectivity index is 2.14. The van der Waals surface area contributed by atoms with E-state index in [1.165, 1.54) is 3.57 Å². The zero-order chi connectivity index (χ0) is 11.4. The molecule has 0 aliphatic rings. The second-order valence-electron chi connectivity index (χ2n) is 3.00. The molecule has 16 heavy (non-hydrogen) atoms. The Morgan fingerprint density at radius 3 is 2.44 bits per heavy atom. The van der Waals surface area contributed by atoms with Crippen LogP contribution < -0.4 is 21.2 Å². The van der Waals surface area contributed by atoms with Crippen LogP contribution in [0.3, 0.4) is 0 Å². The van der Waals surface area contributed by atoms with Gasteiger partial charge in [-0.1, -0.05) is 0 Å². The van der Waals surface area contributed by atoms with E-state index in [0.29, 0.717) is 0 Å². The number of nitro groups is 1. The zero-order valence-corrected chi connectivity index (χ0v) is 10.4. The minimum atomic E-state index is -0.383. The summed E-state index contributed by atoms with van der Waals surface area (Å²) in [5, 5.41) is 10.5. The Morgan fingerprint density at radius 2 is 1.88 bits per heavy atom. The third-order valence-electron chi connectivity index (χ3n) is 1.88. The fourth-order valence-electron chi connectivity index (χ4n) is 1.15. The fourth-order valence-corrected chi connectivity index (χ4v) is 3.28. The van der Waals surface area contributed by atoms with Crippen molar-refractivity contribution in [2.75, 3.05) is 0 Å². The van der Waals surface area contributed by atoms with E-state index < -0.39 is 0 Å². The topological polar surface area (TPSA) is 56.0 Å². The second-order valence-corrected chi connectivity index (χ2v) is 6.03. The van der Waals surface area contributed by atoms with Crippen LogP contribution in [0.25, 0.3) is 0 Å². The summed E-state index contributed by atoms with van der Waals surface area (Å²) in [5.41, 5.74) is 0.138. The van der Waals surface area contributed by atoms with Crippen LogP contribution >= 0.6 is 0 Å². The standard InChI is InChI=1S/C11H8IN2O2/c15-14(16)11-5-3-9(4-6-11)12-10-2-1-7-13-8-10/h1-8H/q+1. The minimum absolute atomic E-state index is 0.138. The lowest BCUT2D eigenvalue weighted by atomic mass is 10.3. The van der Waals surface area contributed by atoms with Crippen LogP contribution in [-0.2, 0) is 0 Å². The van der Waals surface area contributed by atoms with Gasteiger partial charge in [0.2, 0.25) is 3.57 Å². The molecule has 5 heteroatoms. The van der Waals surface area contributed by atoms with Crippen molar-refractivity contribution in [3.63, 3.8) is 0 Å². The molecule has 80 valence electrons. The number of hydrogen-bond acceptors (Lipinski definition) is 3. The summed E-state index contributed by atoms with van der Waals surface area (Å²) in [6, 6.07) is 10.7. The van der Waals surface area contributed by atoms with E-state index in [-0.39, 0.29) is 31.8 Å². The summed E-state index contributed by atoms with van der Waals surface area (Å²) in [6.07, 6.45) is 3.58. The van der Waals surface area contributed by atoms with Gasteiger partial charge in [-0.25, -0.2) is 0 Å². The Hall–Kier alpha value is -1.50. The summed E-state index contributed by atoms with van der Waals surface area (Å²) in [7, 11) is 0. The van der Waals surface area contributed by atoms with Crippen molar-refractivity contribution in [2.45, 2.75) is 0 Å². The molecule has 1 aromatic heterocycles. The van der Waals surface area contributed by atoms with Crippen molar-refractivity contribution < 1.29 is 26.1 Å². The first-order valence-corrected chi connectivity index (χ1v) is 6.71. The smallest absolute Gasteiger partial charge is 0.260 e. The number of hydrogen-bond donors (Lipinski definition) is 0. The maximum absolute atomic E-state index is 10.5. The normalized spacial score (nSPS) is 10.0. The Bertz CT molecular complexity index is 485. The average molecular weight is 327 g/mol. The summed E-state index contributed by atoms with van der Waals surface area (Å²) in [4.78, 5) is 14.1. The molecule has 0 aliphatic carbocycles. The third-order valence-corrected chi connectivity index (χ3v) is 4.48. The average Bonchev–Trinajstić information content (AvgIpc) is 2.31. The van der Waals surface area contributed by atoms with E-state index in [1.54, 1.807) is 18.3 Å². The highest BCUT2D eigenvalue weighted by molar-refractivity contribution is 5.27. The van der Waals surface area contributed by atoms with Gasteiger partial charge in [0.25, 0.3) is 5.69 Å². The van der Waals surface area contributed by atoms with E-state index in [0.717, 1.165) is 3.57 Å². The Morgan fingerprint density at radius 1 is 1.12 bits per heavy atom. The molecule has 0 saturated heterocycles. The molecule has 0 unspecified atom stereocenters. The molecule has 0 spiro atoms. The summed E-state index contributed by atoms with van der Waals surface area (Å²) in [6.45, 7) is 0. The lowest BCUT2D eigenvalue weighted by molar-refractivity contribution is -0.597. The third kappa shape index (κ3) is 2.75. The number of rotatable bonds is 3. The summed E-state index contributed by atoms with van der Waals surface area (Å²) >= 11 is -0.289. The monoisotopic (exact) mass is 327 g/mol. The molecule has 1 aromatic carbocycles. The van der Waals surface area contributed by atoms with Crippen LogP contribution in [0.2, 0.25) is 0 Å². The van der Waals surface area contributed by atoms with Crippen molar-refractivity contribution in [1.29, 1.82) is 0 Å². The van der Waals surface area contributed by atoms with Gasteiger partial charge in [0, 0.05) is 18.3 Å². The van der Waals surface area contributed by atoms with Gasteiger partial charge in [0.1, 0.15) is 0 Å². The number of halogens is 1. The summed E-state index contributed by atoms with van der Waals surface area (Å²) < 4.78 is 2.35. The van der Waals surface area contributed by atoms with E-state index in [2.05, 4.69) is 4.98 Å². The SMILES string of the molecule is O=[N+]([O-])c1ccc([I+]c2cccnc2)cc1. The number of pyridine rings is 1. The summed E-state index contributed by atoms with van der Waals surface area (Å²) in [5.74, 6) is 0. The first-order valence-electron chi connectivity index (χ1n) is 4.55. The number of non-ortho nitro benzene ring substituents is 1. The molecule has 1 heterocycles. The van der Waals surface area contributed by atoms with Gasteiger partial charge in [-0.15, -0.1) is 0 Å². The first kappa shape index (κ1) is 11.0. The Labute approximate surface area is 103 Å². The largest absolute Gasteiger partial charge is 0.359 e. The lowest BCUT2D eigenvalue weighted by Crippen LogP contribution is -3.61. The van der Waals surface area contributed by atoms with E-state index >= 15 is 0 Å². The van der Waals surface area contributed by atoms with Crippen LogP contribution in [-0.4, -0.2) is 9.91 Å². The highest BCUT2D eigenvalue weighted by Gasteiger charge is 2.16. The molecule has 4 nitrogen and oxygen atoms in total. The van der Waals surface area contributed by atoms with Gasteiger partial charge in [-0.3, -0.25) is 15.1 Å². The van der Waals surface area contributed by atoms with E-state index in [1.807, 2.05) is 30.5 Å². The van der Waals surface area contributed by atoms with Crippen LogP contribution in [0.15, 0.2) is 48.8 Å². The maximum atomic E-state index is 10.5. The van der Waals surface area contributed by atoms with Crippen molar-refractivity contribution >= 4 is 5.69 Å². The molecule has 0 fully saturated rings. The number of benzene rings is 1. The lowest BCUT2D eigenvalue weighted by Gasteiger charge is -1.88. The predicted octanol–water partition coefficient (Wildman–Crippen LogP) is -0.882. The molecular formula is C11H8IN2O2+. The highest BCUT2D eigenvalue weighted by Crippen LogP contribution is 2.07. The quantitative estimate of drug-likeness (QED) is 0.418. The molecule has 2 aromatic rings. The fraction of sp³-hybridized carbons (Fsp3) is 0. The van der Waals surface area contributed by atoms with Crippen molar-refractivity contribution in [1.82, 2.24) is 4.98 Å². The van der Waals surface area contributed by atoms with Crippen LogP contribution in [0.1, 0.15) is 0 Å². The zero-order valence-electron chi connectivity index (χ0n) is 8.21. The Kier molecular flexibility index (Phi) is 3.45. The predicted molar refractivity (Wildman–Crippen MR) is 54.7 cm³/mol. The number of nitrogens with zero attached hydrogens (tertiary/aromatic N) is 2. The maximum Gasteiger partial charge on any atom is 0.359 e.